The predicted molar refractivity (Wildman–Crippen MR) is 85.8 cm³/mol. The molecule has 0 saturated heterocycles. The molecule has 0 radical (unpaired) electrons. The number of halogens is 1. The minimum absolute atomic E-state index is 0.00717. The molecule has 1 aliphatic carbocycles. The van der Waals surface area contributed by atoms with Crippen molar-refractivity contribution >= 4 is 34.6 Å². The van der Waals surface area contributed by atoms with Crippen LogP contribution in [0.2, 0.25) is 0 Å². The first-order valence-corrected chi connectivity index (χ1v) is 7.19. The molecule has 6 heteroatoms. The number of carbonyl (C=O) groups excluding carboxylic acids is 3. The summed E-state index contributed by atoms with van der Waals surface area (Å²) in [5, 5.41) is 2.66. The van der Waals surface area contributed by atoms with E-state index in [2.05, 4.69) is 10.3 Å². The lowest BCUT2D eigenvalue weighted by Crippen LogP contribution is -2.25. The Hall–Kier alpha value is -2.79. The summed E-state index contributed by atoms with van der Waals surface area (Å²) in [7, 11) is 0. The van der Waals surface area contributed by atoms with Crippen LogP contribution in [0.4, 0.5) is 5.69 Å². The normalized spacial score (nSPS) is 13.8. The van der Waals surface area contributed by atoms with Crippen molar-refractivity contribution in [1.29, 1.82) is 0 Å². The van der Waals surface area contributed by atoms with Crippen molar-refractivity contribution in [3.63, 3.8) is 0 Å². The standard InChI is InChI=1S/C17H11ClN2O3/c1-9(21)10-4-6-11(7-5-10)20-15-13(18)17(23)14-12(16(15)22)3-2-8-19-14/h2-8,20H,1H3. The lowest BCUT2D eigenvalue weighted by Gasteiger charge is -2.18. The van der Waals surface area contributed by atoms with E-state index in [1.54, 1.807) is 30.3 Å². The van der Waals surface area contributed by atoms with E-state index in [0.29, 0.717) is 11.3 Å². The second-order valence-electron chi connectivity index (χ2n) is 5.01. The molecule has 1 N–H and O–H groups in total. The summed E-state index contributed by atoms with van der Waals surface area (Å²) >= 11 is 6.04. The molecule has 114 valence electrons. The van der Waals surface area contributed by atoms with Crippen LogP contribution in [0.15, 0.2) is 53.3 Å². The number of fused-ring (bicyclic) bond motifs is 1. The van der Waals surface area contributed by atoms with Crippen molar-refractivity contribution in [1.82, 2.24) is 4.98 Å². The number of carbonyl (C=O) groups is 3. The first-order chi connectivity index (χ1) is 11.0. The van der Waals surface area contributed by atoms with Crippen molar-refractivity contribution in [2.24, 2.45) is 0 Å². The molecule has 0 aliphatic heterocycles. The molecule has 1 aromatic heterocycles. The first kappa shape index (κ1) is 15.1. The molecule has 0 atom stereocenters. The van der Waals surface area contributed by atoms with Gasteiger partial charge in [-0.3, -0.25) is 19.4 Å². The molecular weight excluding hydrogens is 316 g/mol. The van der Waals surface area contributed by atoms with Crippen LogP contribution < -0.4 is 5.32 Å². The van der Waals surface area contributed by atoms with Gasteiger partial charge in [0.15, 0.2) is 5.78 Å². The molecule has 0 unspecified atom stereocenters. The fourth-order valence-electron chi connectivity index (χ4n) is 2.27. The number of benzene rings is 1. The molecule has 3 rings (SSSR count). The number of nitrogens with zero attached hydrogens (tertiary/aromatic N) is 1. The van der Waals surface area contributed by atoms with Gasteiger partial charge in [0.1, 0.15) is 16.4 Å². The van der Waals surface area contributed by atoms with Crippen molar-refractivity contribution in [3.05, 3.63) is 70.1 Å². The third-order valence-corrected chi connectivity index (χ3v) is 3.83. The van der Waals surface area contributed by atoms with Gasteiger partial charge in [-0.2, -0.15) is 0 Å². The van der Waals surface area contributed by atoms with Gasteiger partial charge in [0.05, 0.1) is 5.56 Å². The minimum atomic E-state index is -0.496. The van der Waals surface area contributed by atoms with Crippen LogP contribution in [0.5, 0.6) is 0 Å². The van der Waals surface area contributed by atoms with E-state index in [1.165, 1.54) is 19.2 Å². The maximum atomic E-state index is 12.5. The Morgan fingerprint density at radius 3 is 2.43 bits per heavy atom. The highest BCUT2D eigenvalue weighted by Gasteiger charge is 2.32. The zero-order chi connectivity index (χ0) is 16.6. The van der Waals surface area contributed by atoms with Crippen LogP contribution in [0.3, 0.4) is 0 Å². The van der Waals surface area contributed by atoms with Crippen molar-refractivity contribution < 1.29 is 14.4 Å². The molecule has 23 heavy (non-hydrogen) atoms. The lowest BCUT2D eigenvalue weighted by molar-refractivity contribution is 0.0978. The fourth-order valence-corrected chi connectivity index (χ4v) is 2.49. The zero-order valence-electron chi connectivity index (χ0n) is 12.1. The summed E-state index contributed by atoms with van der Waals surface area (Å²) in [6.45, 7) is 1.47. The topological polar surface area (TPSA) is 76.1 Å². The van der Waals surface area contributed by atoms with Crippen LogP contribution in [0, 0.1) is 0 Å². The minimum Gasteiger partial charge on any atom is -0.351 e. The number of nitrogens with one attached hydrogen (secondary N) is 1. The first-order valence-electron chi connectivity index (χ1n) is 6.81. The largest absolute Gasteiger partial charge is 0.351 e. The van der Waals surface area contributed by atoms with Crippen LogP contribution in [0.1, 0.15) is 38.1 Å². The molecule has 1 aromatic carbocycles. The van der Waals surface area contributed by atoms with Gasteiger partial charge in [0.25, 0.3) is 0 Å². The van der Waals surface area contributed by atoms with Gasteiger partial charge in [-0.05, 0) is 43.3 Å². The number of Topliss-reactive ketones (excluding diaryl/α,β-unsaturated/α-hetero) is 3. The smallest absolute Gasteiger partial charge is 0.225 e. The number of allylic oxidation sites excluding steroid dienone is 2. The summed E-state index contributed by atoms with van der Waals surface area (Å²) in [6, 6.07) is 9.66. The molecule has 0 bridgehead atoms. The lowest BCUT2D eigenvalue weighted by atomic mass is 9.96. The summed E-state index contributed by atoms with van der Waals surface area (Å²) in [5.74, 6) is -0.948. The highest BCUT2D eigenvalue weighted by atomic mass is 35.5. The molecule has 1 aliphatic rings. The predicted octanol–water partition coefficient (Wildman–Crippen LogP) is 3.23. The van der Waals surface area contributed by atoms with Crippen molar-refractivity contribution in [3.8, 4) is 0 Å². The molecule has 0 saturated carbocycles. The maximum Gasteiger partial charge on any atom is 0.225 e. The van der Waals surface area contributed by atoms with Gasteiger partial charge in [0.2, 0.25) is 11.6 Å². The molecule has 1 heterocycles. The Morgan fingerprint density at radius 1 is 1.09 bits per heavy atom. The van der Waals surface area contributed by atoms with E-state index in [-0.39, 0.29) is 27.8 Å². The van der Waals surface area contributed by atoms with Gasteiger partial charge < -0.3 is 5.32 Å². The third-order valence-electron chi connectivity index (χ3n) is 3.47. The van der Waals surface area contributed by atoms with Crippen LogP contribution in [0.25, 0.3) is 0 Å². The molecule has 0 spiro atoms. The Balaban J connectivity index is 1.96. The number of ketones is 3. The molecule has 2 aromatic rings. The number of hydrogen-bond acceptors (Lipinski definition) is 5. The average Bonchev–Trinajstić information content (AvgIpc) is 2.57. The van der Waals surface area contributed by atoms with Gasteiger partial charge in [-0.15, -0.1) is 0 Å². The monoisotopic (exact) mass is 326 g/mol. The van der Waals surface area contributed by atoms with E-state index >= 15 is 0 Å². The second kappa shape index (κ2) is 5.78. The van der Waals surface area contributed by atoms with E-state index in [1.807, 2.05) is 0 Å². The molecule has 5 nitrogen and oxygen atoms in total. The molecular formula is C17H11ClN2O3. The van der Waals surface area contributed by atoms with Gasteiger partial charge in [0, 0.05) is 17.4 Å². The Kier molecular flexibility index (Phi) is 3.80. The summed E-state index contributed by atoms with van der Waals surface area (Å²) in [6.07, 6.45) is 1.44. The Bertz CT molecular complexity index is 870. The van der Waals surface area contributed by atoms with Gasteiger partial charge >= 0.3 is 0 Å². The SMILES string of the molecule is CC(=O)c1ccc(NC2=C(Cl)C(=O)c3ncccc3C2=O)cc1. The number of hydrogen-bond donors (Lipinski definition) is 1. The number of rotatable bonds is 3. The zero-order valence-corrected chi connectivity index (χ0v) is 12.8. The van der Waals surface area contributed by atoms with E-state index < -0.39 is 11.6 Å². The summed E-state index contributed by atoms with van der Waals surface area (Å²) in [5.41, 5.74) is 1.38. The maximum absolute atomic E-state index is 12.5. The summed E-state index contributed by atoms with van der Waals surface area (Å²) < 4.78 is 0. The van der Waals surface area contributed by atoms with Crippen LogP contribution >= 0.6 is 11.6 Å². The molecule has 0 amide bonds. The van der Waals surface area contributed by atoms with Crippen molar-refractivity contribution in [2.75, 3.05) is 5.32 Å². The van der Waals surface area contributed by atoms with Gasteiger partial charge in [-0.1, -0.05) is 11.6 Å². The second-order valence-corrected chi connectivity index (χ2v) is 5.38. The van der Waals surface area contributed by atoms with E-state index in [0.717, 1.165) is 0 Å². The Labute approximate surface area is 137 Å². The quantitative estimate of drug-likeness (QED) is 0.876. The Morgan fingerprint density at radius 2 is 1.78 bits per heavy atom. The number of aromatic nitrogens is 1. The number of anilines is 1. The van der Waals surface area contributed by atoms with E-state index in [4.69, 9.17) is 11.6 Å². The fraction of sp³-hybridized carbons (Fsp3) is 0.0588. The average molecular weight is 327 g/mol. The van der Waals surface area contributed by atoms with E-state index in [9.17, 15) is 14.4 Å². The summed E-state index contributed by atoms with van der Waals surface area (Å²) in [4.78, 5) is 39.9. The highest BCUT2D eigenvalue weighted by Crippen LogP contribution is 2.28. The van der Waals surface area contributed by atoms with Crippen LogP contribution in [-0.2, 0) is 0 Å². The van der Waals surface area contributed by atoms with Gasteiger partial charge in [-0.25, -0.2) is 0 Å². The number of pyridine rings is 1. The highest BCUT2D eigenvalue weighted by molar-refractivity contribution is 6.50. The van der Waals surface area contributed by atoms with Crippen LogP contribution in [-0.4, -0.2) is 22.3 Å². The molecule has 0 fully saturated rings. The third kappa shape index (κ3) is 2.66. The van der Waals surface area contributed by atoms with Crippen molar-refractivity contribution in [2.45, 2.75) is 6.92 Å².